The van der Waals surface area contributed by atoms with E-state index < -0.39 is 24.1 Å². The van der Waals surface area contributed by atoms with Crippen molar-refractivity contribution in [3.8, 4) is 11.1 Å². The molecule has 0 spiro atoms. The summed E-state index contributed by atoms with van der Waals surface area (Å²) in [4.78, 5) is 26.8. The Hall–Kier alpha value is -3.23. The van der Waals surface area contributed by atoms with E-state index in [2.05, 4.69) is 10.5 Å². The topological polar surface area (TPSA) is 128 Å². The van der Waals surface area contributed by atoms with Gasteiger partial charge in [0.05, 0.1) is 0 Å². The summed E-state index contributed by atoms with van der Waals surface area (Å²) < 4.78 is 0. The number of aliphatic carboxylic acids is 2. The van der Waals surface area contributed by atoms with Crippen LogP contribution < -0.4 is 5.32 Å². The van der Waals surface area contributed by atoms with Crippen molar-refractivity contribution in [2.24, 2.45) is 5.16 Å². The van der Waals surface area contributed by atoms with Gasteiger partial charge < -0.3 is 20.2 Å². The second kappa shape index (κ2) is 7.98. The Morgan fingerprint density at radius 2 is 1.41 bits per heavy atom. The molecule has 0 aliphatic heterocycles. The van der Waals surface area contributed by atoms with Crippen molar-refractivity contribution in [3.05, 3.63) is 59.7 Å². The number of nitrogens with zero attached hydrogens (tertiary/aromatic N) is 1. The summed E-state index contributed by atoms with van der Waals surface area (Å²) in [5, 5.41) is 33.8. The standard InChI is InChI=1S/C19H18N2O6/c22-11(9-20-17(18(23)24)19(25)26)10-27-21-16-14-7-3-1-5-12(14)13-6-2-4-8-15(13)16/h1-8,11,17,20,22H,9-10H2,(H,23,24)(H,25,26)/t11-/m0/s1. The highest BCUT2D eigenvalue weighted by atomic mass is 16.6. The number of fused-ring (bicyclic) bond motifs is 3. The largest absolute Gasteiger partial charge is 0.480 e. The van der Waals surface area contributed by atoms with E-state index in [4.69, 9.17) is 15.1 Å². The zero-order valence-electron chi connectivity index (χ0n) is 14.2. The van der Waals surface area contributed by atoms with Gasteiger partial charge in [0.1, 0.15) is 18.4 Å². The molecule has 1 aliphatic rings. The van der Waals surface area contributed by atoms with Crippen LogP contribution in [0.1, 0.15) is 11.1 Å². The molecular weight excluding hydrogens is 352 g/mol. The maximum absolute atomic E-state index is 10.8. The quantitative estimate of drug-likeness (QED) is 0.343. The van der Waals surface area contributed by atoms with Gasteiger partial charge in [0, 0.05) is 17.7 Å². The SMILES string of the molecule is O=C(O)C(NC[C@H](O)CON=C1c2ccccc2-c2ccccc21)C(=O)O. The molecule has 0 aromatic heterocycles. The van der Waals surface area contributed by atoms with Crippen molar-refractivity contribution in [3.63, 3.8) is 0 Å². The minimum absolute atomic E-state index is 0.215. The van der Waals surface area contributed by atoms with Crippen molar-refractivity contribution in [2.45, 2.75) is 12.1 Å². The number of aliphatic hydroxyl groups excluding tert-OH is 1. The van der Waals surface area contributed by atoms with Gasteiger partial charge in [-0.3, -0.25) is 5.32 Å². The van der Waals surface area contributed by atoms with Crippen LogP contribution in [0.3, 0.4) is 0 Å². The fourth-order valence-corrected chi connectivity index (χ4v) is 2.87. The third-order valence-corrected chi connectivity index (χ3v) is 4.13. The lowest BCUT2D eigenvalue weighted by Gasteiger charge is -2.13. The second-order valence-corrected chi connectivity index (χ2v) is 6.00. The fraction of sp³-hybridized carbons (Fsp3) is 0.211. The number of carbonyl (C=O) groups is 2. The maximum atomic E-state index is 10.8. The van der Waals surface area contributed by atoms with Gasteiger partial charge in [0.2, 0.25) is 6.04 Å². The molecule has 1 aliphatic carbocycles. The van der Waals surface area contributed by atoms with Crippen LogP contribution in [0.5, 0.6) is 0 Å². The average molecular weight is 370 g/mol. The molecule has 0 fully saturated rings. The summed E-state index contributed by atoms with van der Waals surface area (Å²) in [5.41, 5.74) is 4.58. The summed E-state index contributed by atoms with van der Waals surface area (Å²) in [6.45, 7) is -0.478. The van der Waals surface area contributed by atoms with Gasteiger partial charge in [0.15, 0.2) is 0 Å². The van der Waals surface area contributed by atoms with Gasteiger partial charge in [-0.1, -0.05) is 53.7 Å². The third-order valence-electron chi connectivity index (χ3n) is 4.13. The van der Waals surface area contributed by atoms with E-state index >= 15 is 0 Å². The van der Waals surface area contributed by atoms with Crippen LogP contribution in [0, 0.1) is 0 Å². The van der Waals surface area contributed by atoms with Crippen molar-refractivity contribution < 1.29 is 29.7 Å². The number of oxime groups is 1. The molecule has 8 heteroatoms. The average Bonchev–Trinajstić information content (AvgIpc) is 2.96. The van der Waals surface area contributed by atoms with Gasteiger partial charge in [0.25, 0.3) is 0 Å². The lowest BCUT2D eigenvalue weighted by atomic mass is 10.1. The molecule has 1 atom stereocenters. The first kappa shape index (κ1) is 18.6. The molecular formula is C19H18N2O6. The van der Waals surface area contributed by atoms with E-state index in [0.717, 1.165) is 22.3 Å². The van der Waals surface area contributed by atoms with Gasteiger partial charge >= 0.3 is 11.9 Å². The summed E-state index contributed by atoms with van der Waals surface area (Å²) >= 11 is 0. The summed E-state index contributed by atoms with van der Waals surface area (Å²) in [6, 6.07) is 13.7. The smallest absolute Gasteiger partial charge is 0.332 e. The monoisotopic (exact) mass is 370 g/mol. The number of hydrogen-bond acceptors (Lipinski definition) is 6. The third kappa shape index (κ3) is 3.97. The fourth-order valence-electron chi connectivity index (χ4n) is 2.87. The Morgan fingerprint density at radius 1 is 0.926 bits per heavy atom. The zero-order chi connectivity index (χ0) is 19.4. The minimum Gasteiger partial charge on any atom is -0.480 e. The van der Waals surface area contributed by atoms with E-state index in [9.17, 15) is 14.7 Å². The number of hydrogen-bond donors (Lipinski definition) is 4. The molecule has 27 heavy (non-hydrogen) atoms. The summed E-state index contributed by atoms with van der Waals surface area (Å²) in [7, 11) is 0. The number of benzene rings is 2. The minimum atomic E-state index is -1.79. The normalized spacial score (nSPS) is 13.0. The van der Waals surface area contributed by atoms with E-state index in [-0.39, 0.29) is 13.2 Å². The predicted molar refractivity (Wildman–Crippen MR) is 96.5 cm³/mol. The molecule has 0 radical (unpaired) electrons. The van der Waals surface area contributed by atoms with Gasteiger partial charge in [-0.15, -0.1) is 0 Å². The molecule has 0 bridgehead atoms. The van der Waals surface area contributed by atoms with Crippen LogP contribution in [-0.2, 0) is 14.4 Å². The number of carboxylic acids is 2. The Balaban J connectivity index is 1.65. The van der Waals surface area contributed by atoms with E-state index in [0.29, 0.717) is 5.71 Å². The molecule has 2 aromatic carbocycles. The molecule has 3 rings (SSSR count). The predicted octanol–water partition coefficient (Wildman–Crippen LogP) is 0.924. The van der Waals surface area contributed by atoms with Crippen molar-refractivity contribution in [1.29, 1.82) is 0 Å². The first-order valence-corrected chi connectivity index (χ1v) is 8.25. The lowest BCUT2D eigenvalue weighted by Crippen LogP contribution is -2.46. The van der Waals surface area contributed by atoms with Gasteiger partial charge in [-0.2, -0.15) is 0 Å². The maximum Gasteiger partial charge on any atom is 0.332 e. The van der Waals surface area contributed by atoms with Crippen LogP contribution in [0.2, 0.25) is 0 Å². The highest BCUT2D eigenvalue weighted by Gasteiger charge is 2.26. The molecule has 140 valence electrons. The van der Waals surface area contributed by atoms with Gasteiger partial charge in [-0.05, 0) is 11.1 Å². The molecule has 0 saturated heterocycles. The summed E-state index contributed by atoms with van der Waals surface area (Å²) in [6.07, 6.45) is -1.12. The Morgan fingerprint density at radius 3 is 1.89 bits per heavy atom. The van der Waals surface area contributed by atoms with Crippen molar-refractivity contribution >= 4 is 17.7 Å². The van der Waals surface area contributed by atoms with E-state index in [1.54, 1.807) is 0 Å². The Labute approximate surface area is 154 Å². The van der Waals surface area contributed by atoms with Crippen molar-refractivity contribution in [1.82, 2.24) is 5.32 Å². The molecule has 0 amide bonds. The molecule has 8 nitrogen and oxygen atoms in total. The van der Waals surface area contributed by atoms with Gasteiger partial charge in [-0.25, -0.2) is 9.59 Å². The lowest BCUT2D eigenvalue weighted by molar-refractivity contribution is -0.151. The number of nitrogens with one attached hydrogen (secondary N) is 1. The molecule has 0 unspecified atom stereocenters. The van der Waals surface area contributed by atoms with Crippen LogP contribution in [-0.4, -0.2) is 58.3 Å². The van der Waals surface area contributed by atoms with E-state index in [1.165, 1.54) is 0 Å². The van der Waals surface area contributed by atoms with Crippen LogP contribution in [0.25, 0.3) is 11.1 Å². The van der Waals surface area contributed by atoms with E-state index in [1.807, 2.05) is 48.5 Å². The second-order valence-electron chi connectivity index (χ2n) is 6.00. The van der Waals surface area contributed by atoms with Crippen molar-refractivity contribution in [2.75, 3.05) is 13.2 Å². The molecule has 2 aromatic rings. The molecule has 0 heterocycles. The number of aliphatic hydroxyl groups is 1. The van der Waals surface area contributed by atoms with Crippen LogP contribution >= 0.6 is 0 Å². The number of rotatable bonds is 8. The molecule has 0 saturated carbocycles. The van der Waals surface area contributed by atoms with Crippen LogP contribution in [0.15, 0.2) is 53.7 Å². The Kier molecular flexibility index (Phi) is 5.49. The van der Waals surface area contributed by atoms with Crippen LogP contribution in [0.4, 0.5) is 0 Å². The summed E-state index contributed by atoms with van der Waals surface area (Å²) in [5.74, 6) is -3.06. The zero-order valence-corrected chi connectivity index (χ0v) is 14.2. The highest BCUT2D eigenvalue weighted by molar-refractivity contribution is 6.24. The first-order valence-electron chi connectivity index (χ1n) is 8.25. The Bertz CT molecular complexity index is 834. The molecule has 4 N–H and O–H groups in total. The highest BCUT2D eigenvalue weighted by Crippen LogP contribution is 2.36. The number of carboxylic acid groups (broad SMARTS) is 2. The first-order chi connectivity index (χ1) is 13.0.